The van der Waals surface area contributed by atoms with E-state index < -0.39 is 0 Å². The third-order valence-electron chi connectivity index (χ3n) is 4.31. The number of nitrogens with one attached hydrogen (secondary N) is 1. The smallest absolute Gasteiger partial charge is 0.234 e. The Kier molecular flexibility index (Phi) is 7.25. The standard InChI is InChI=1S/C19H29N3O2/c1-3-11-20-18(23)15-21(12-4-2)13-10-19(24)22-14-9-16-7-5-6-8-17(16)22/h5-8H,3-4,9-15H2,1-2H3,(H,20,23). The van der Waals surface area contributed by atoms with Gasteiger partial charge in [-0.25, -0.2) is 0 Å². The Morgan fingerprint density at radius 2 is 1.96 bits per heavy atom. The second kappa shape index (κ2) is 9.42. The fourth-order valence-corrected chi connectivity index (χ4v) is 3.10. The van der Waals surface area contributed by atoms with Gasteiger partial charge in [0.05, 0.1) is 6.54 Å². The van der Waals surface area contributed by atoms with Crippen molar-refractivity contribution in [2.75, 3.05) is 37.6 Å². The average molecular weight is 331 g/mol. The van der Waals surface area contributed by atoms with Crippen molar-refractivity contribution < 1.29 is 9.59 Å². The van der Waals surface area contributed by atoms with E-state index in [1.54, 1.807) is 0 Å². The first-order valence-corrected chi connectivity index (χ1v) is 9.03. The molecule has 1 heterocycles. The number of carbonyl (C=O) groups is 2. The normalized spacial score (nSPS) is 13.2. The Hall–Kier alpha value is -1.88. The van der Waals surface area contributed by atoms with Crippen LogP contribution in [0, 0.1) is 0 Å². The lowest BCUT2D eigenvalue weighted by Gasteiger charge is -2.23. The minimum atomic E-state index is 0.0456. The lowest BCUT2D eigenvalue weighted by molar-refractivity contribution is -0.123. The van der Waals surface area contributed by atoms with Crippen LogP contribution in [0.25, 0.3) is 0 Å². The van der Waals surface area contributed by atoms with E-state index in [4.69, 9.17) is 0 Å². The first-order chi connectivity index (χ1) is 11.7. The molecule has 0 unspecified atom stereocenters. The Morgan fingerprint density at radius 3 is 2.71 bits per heavy atom. The molecular formula is C19H29N3O2. The number of rotatable bonds is 9. The van der Waals surface area contributed by atoms with Crippen molar-refractivity contribution >= 4 is 17.5 Å². The van der Waals surface area contributed by atoms with Crippen LogP contribution in [-0.2, 0) is 16.0 Å². The second-order valence-electron chi connectivity index (χ2n) is 6.30. The first-order valence-electron chi connectivity index (χ1n) is 9.03. The molecule has 0 aliphatic carbocycles. The van der Waals surface area contributed by atoms with Crippen molar-refractivity contribution in [3.8, 4) is 0 Å². The predicted octanol–water partition coefficient (Wildman–Crippen LogP) is 2.20. The summed E-state index contributed by atoms with van der Waals surface area (Å²) in [7, 11) is 0. The first kappa shape index (κ1) is 18.5. The monoisotopic (exact) mass is 331 g/mol. The van der Waals surface area contributed by atoms with Gasteiger partial charge in [-0.05, 0) is 37.4 Å². The Morgan fingerprint density at radius 1 is 1.17 bits per heavy atom. The van der Waals surface area contributed by atoms with Gasteiger partial charge in [0.15, 0.2) is 0 Å². The lowest BCUT2D eigenvalue weighted by Crippen LogP contribution is -2.40. The zero-order valence-corrected chi connectivity index (χ0v) is 14.9. The molecule has 0 spiro atoms. The summed E-state index contributed by atoms with van der Waals surface area (Å²) in [5.41, 5.74) is 2.29. The third-order valence-corrected chi connectivity index (χ3v) is 4.31. The molecule has 0 radical (unpaired) electrons. The molecule has 1 N–H and O–H groups in total. The predicted molar refractivity (Wildman–Crippen MR) is 97.1 cm³/mol. The number of para-hydroxylation sites is 1. The van der Waals surface area contributed by atoms with Crippen LogP contribution in [0.4, 0.5) is 5.69 Å². The van der Waals surface area contributed by atoms with Gasteiger partial charge < -0.3 is 10.2 Å². The summed E-state index contributed by atoms with van der Waals surface area (Å²) < 4.78 is 0. The van der Waals surface area contributed by atoms with Crippen molar-refractivity contribution in [1.29, 1.82) is 0 Å². The highest BCUT2D eigenvalue weighted by Gasteiger charge is 2.24. The van der Waals surface area contributed by atoms with Crippen molar-refractivity contribution in [2.45, 2.75) is 39.5 Å². The Labute approximate surface area is 145 Å². The molecule has 5 heteroatoms. The van der Waals surface area contributed by atoms with Gasteiger partial charge in [0.2, 0.25) is 11.8 Å². The van der Waals surface area contributed by atoms with Crippen LogP contribution in [0.3, 0.4) is 0 Å². The summed E-state index contributed by atoms with van der Waals surface area (Å²) in [6.07, 6.45) is 3.30. The number of nitrogens with zero attached hydrogens (tertiary/aromatic N) is 2. The van der Waals surface area contributed by atoms with Crippen LogP contribution in [-0.4, -0.2) is 49.4 Å². The molecule has 132 valence electrons. The van der Waals surface area contributed by atoms with Crippen molar-refractivity contribution in [3.63, 3.8) is 0 Å². The largest absolute Gasteiger partial charge is 0.355 e. The molecule has 1 aromatic carbocycles. The van der Waals surface area contributed by atoms with E-state index >= 15 is 0 Å². The minimum Gasteiger partial charge on any atom is -0.355 e. The molecule has 1 aromatic rings. The van der Waals surface area contributed by atoms with Gasteiger partial charge in [0.25, 0.3) is 0 Å². The summed E-state index contributed by atoms with van der Waals surface area (Å²) in [5.74, 6) is 0.194. The van der Waals surface area contributed by atoms with Gasteiger partial charge in [-0.1, -0.05) is 32.0 Å². The molecule has 0 atom stereocenters. The van der Waals surface area contributed by atoms with Crippen molar-refractivity contribution in [3.05, 3.63) is 29.8 Å². The van der Waals surface area contributed by atoms with Crippen molar-refractivity contribution in [2.24, 2.45) is 0 Å². The van der Waals surface area contributed by atoms with Crippen molar-refractivity contribution in [1.82, 2.24) is 10.2 Å². The number of anilines is 1. The summed E-state index contributed by atoms with van der Waals surface area (Å²) in [6.45, 7) is 7.45. The fraction of sp³-hybridized carbons (Fsp3) is 0.579. The third kappa shape index (κ3) is 5.06. The van der Waals surface area contributed by atoms with Gasteiger partial charge in [0, 0.05) is 31.7 Å². The van der Waals surface area contributed by atoms with Gasteiger partial charge in [-0.3, -0.25) is 14.5 Å². The van der Waals surface area contributed by atoms with E-state index in [2.05, 4.69) is 23.2 Å². The lowest BCUT2D eigenvalue weighted by atomic mass is 10.2. The Balaban J connectivity index is 1.85. The highest BCUT2D eigenvalue weighted by Crippen LogP contribution is 2.27. The topological polar surface area (TPSA) is 52.7 Å². The molecule has 0 saturated carbocycles. The van der Waals surface area contributed by atoms with E-state index in [1.165, 1.54) is 5.56 Å². The van der Waals surface area contributed by atoms with Gasteiger partial charge in [-0.2, -0.15) is 0 Å². The van der Waals surface area contributed by atoms with Crippen LogP contribution < -0.4 is 10.2 Å². The summed E-state index contributed by atoms with van der Waals surface area (Å²) in [5, 5.41) is 2.90. The summed E-state index contributed by atoms with van der Waals surface area (Å²) >= 11 is 0. The second-order valence-corrected chi connectivity index (χ2v) is 6.30. The van der Waals surface area contributed by atoms with Crippen LogP contribution in [0.2, 0.25) is 0 Å². The zero-order valence-electron chi connectivity index (χ0n) is 14.9. The maximum Gasteiger partial charge on any atom is 0.234 e. The van der Waals surface area contributed by atoms with E-state index in [1.807, 2.05) is 30.0 Å². The fourth-order valence-electron chi connectivity index (χ4n) is 3.10. The Bertz CT molecular complexity index is 559. The van der Waals surface area contributed by atoms with E-state index in [0.717, 1.165) is 38.0 Å². The molecule has 5 nitrogen and oxygen atoms in total. The number of hydrogen-bond acceptors (Lipinski definition) is 3. The number of amides is 2. The molecular weight excluding hydrogens is 302 g/mol. The molecule has 0 saturated heterocycles. The maximum absolute atomic E-state index is 12.6. The maximum atomic E-state index is 12.6. The van der Waals surface area contributed by atoms with E-state index in [9.17, 15) is 9.59 Å². The van der Waals surface area contributed by atoms with Crippen LogP contribution >= 0.6 is 0 Å². The van der Waals surface area contributed by atoms with Crippen LogP contribution in [0.15, 0.2) is 24.3 Å². The van der Waals surface area contributed by atoms with Crippen LogP contribution in [0.1, 0.15) is 38.7 Å². The molecule has 24 heavy (non-hydrogen) atoms. The summed E-state index contributed by atoms with van der Waals surface area (Å²) in [4.78, 5) is 28.4. The van der Waals surface area contributed by atoms with E-state index in [-0.39, 0.29) is 11.8 Å². The van der Waals surface area contributed by atoms with Crippen LogP contribution in [0.5, 0.6) is 0 Å². The highest BCUT2D eigenvalue weighted by atomic mass is 16.2. The molecule has 2 amide bonds. The quantitative estimate of drug-likeness (QED) is 0.755. The highest BCUT2D eigenvalue weighted by molar-refractivity contribution is 5.95. The molecule has 2 rings (SSSR count). The SMILES string of the molecule is CCCNC(=O)CN(CCC)CCC(=O)N1CCc2ccccc21. The summed E-state index contributed by atoms with van der Waals surface area (Å²) in [6, 6.07) is 8.10. The number of fused-ring (bicyclic) bond motifs is 1. The number of hydrogen-bond donors (Lipinski definition) is 1. The minimum absolute atomic E-state index is 0.0456. The number of carbonyl (C=O) groups excluding carboxylic acids is 2. The van der Waals surface area contributed by atoms with Gasteiger partial charge >= 0.3 is 0 Å². The molecule has 1 aliphatic heterocycles. The average Bonchev–Trinajstić information content (AvgIpc) is 3.02. The van der Waals surface area contributed by atoms with E-state index in [0.29, 0.717) is 26.1 Å². The number of benzene rings is 1. The van der Waals surface area contributed by atoms with Gasteiger partial charge in [-0.15, -0.1) is 0 Å². The molecule has 0 fully saturated rings. The molecule has 0 bridgehead atoms. The molecule has 0 aromatic heterocycles. The zero-order chi connectivity index (χ0) is 17.4. The van der Waals surface area contributed by atoms with Gasteiger partial charge in [0.1, 0.15) is 0 Å². The molecule has 1 aliphatic rings.